The monoisotopic (exact) mass is 511 g/mol. The Hall–Kier alpha value is -2.56. The molecule has 0 saturated heterocycles. The van der Waals surface area contributed by atoms with Crippen LogP contribution in [0.25, 0.3) is 10.1 Å². The highest BCUT2D eigenvalue weighted by Crippen LogP contribution is 2.41. The molecule has 10 heteroatoms. The minimum Gasteiger partial charge on any atom is -0.252 e. The Kier molecular flexibility index (Phi) is 6.19. The molecule has 1 heterocycles. The van der Waals surface area contributed by atoms with Gasteiger partial charge in [0.1, 0.15) is 10.8 Å². The van der Waals surface area contributed by atoms with Crippen molar-refractivity contribution >= 4 is 49.1 Å². The molecule has 0 fully saturated rings. The summed E-state index contributed by atoms with van der Waals surface area (Å²) in [5.41, 5.74) is -0.747. The van der Waals surface area contributed by atoms with Crippen LogP contribution < -0.4 is 4.31 Å². The lowest BCUT2D eigenvalue weighted by atomic mass is 10.1. The van der Waals surface area contributed by atoms with Crippen molar-refractivity contribution in [2.45, 2.75) is 29.4 Å². The standard InChI is InChI=1S/C23H17F4NO2S3/c1-14-18-4-2-3-5-21(18)32-22(14)28(33(29,30)17-9-7-16(31)8-10-17)13-15-6-11-20(24)19(12-15)23(25,26)27/h2-12,31H,13H2,1H3. The SMILES string of the molecule is Cc1c(N(Cc2ccc(F)c(C(F)(F)F)c2)S(=O)(=O)c2ccc(S)cc2)sc2ccccc12. The molecule has 0 amide bonds. The van der Waals surface area contributed by atoms with Crippen LogP contribution in [0.2, 0.25) is 0 Å². The minimum atomic E-state index is -4.90. The second-order valence-electron chi connectivity index (χ2n) is 7.35. The maximum absolute atomic E-state index is 13.8. The van der Waals surface area contributed by atoms with Crippen molar-refractivity contribution in [1.82, 2.24) is 0 Å². The fourth-order valence-electron chi connectivity index (χ4n) is 3.46. The average Bonchev–Trinajstić information content (AvgIpc) is 3.09. The molecule has 0 N–H and O–H groups in total. The van der Waals surface area contributed by atoms with Crippen molar-refractivity contribution in [3.05, 3.63) is 89.2 Å². The Labute approximate surface area is 197 Å². The fraction of sp³-hybridized carbons (Fsp3) is 0.130. The first kappa shape index (κ1) is 23.6. The summed E-state index contributed by atoms with van der Waals surface area (Å²) in [6.45, 7) is 1.36. The number of anilines is 1. The highest BCUT2D eigenvalue weighted by atomic mass is 32.2. The molecule has 0 saturated carbocycles. The summed E-state index contributed by atoms with van der Waals surface area (Å²) in [7, 11) is -4.16. The van der Waals surface area contributed by atoms with E-state index in [2.05, 4.69) is 12.6 Å². The first-order chi connectivity index (χ1) is 15.5. The van der Waals surface area contributed by atoms with E-state index in [4.69, 9.17) is 0 Å². The van der Waals surface area contributed by atoms with E-state index >= 15 is 0 Å². The third-order valence-corrected chi connectivity index (χ3v) is 8.60. The molecular formula is C23H17F4NO2S3. The number of halogens is 4. The van der Waals surface area contributed by atoms with E-state index in [1.54, 1.807) is 6.92 Å². The van der Waals surface area contributed by atoms with Crippen molar-refractivity contribution in [1.29, 1.82) is 0 Å². The van der Waals surface area contributed by atoms with Gasteiger partial charge < -0.3 is 0 Å². The number of alkyl halides is 3. The second kappa shape index (κ2) is 8.66. The lowest BCUT2D eigenvalue weighted by Crippen LogP contribution is -2.30. The molecule has 3 aromatic carbocycles. The van der Waals surface area contributed by atoms with Gasteiger partial charge in [0.2, 0.25) is 0 Å². The highest BCUT2D eigenvalue weighted by Gasteiger charge is 2.35. The Morgan fingerprint density at radius 3 is 2.30 bits per heavy atom. The van der Waals surface area contributed by atoms with Crippen LogP contribution in [0, 0.1) is 12.7 Å². The molecule has 0 aliphatic carbocycles. The number of benzene rings is 3. The van der Waals surface area contributed by atoms with Crippen molar-refractivity contribution in [3.8, 4) is 0 Å². The Balaban J connectivity index is 1.88. The van der Waals surface area contributed by atoms with E-state index in [0.29, 0.717) is 27.6 Å². The first-order valence-electron chi connectivity index (χ1n) is 9.64. The molecule has 4 rings (SSSR count). The van der Waals surface area contributed by atoms with Crippen LogP contribution in [0.15, 0.2) is 76.5 Å². The topological polar surface area (TPSA) is 37.4 Å². The van der Waals surface area contributed by atoms with Gasteiger partial charge in [-0.1, -0.05) is 24.3 Å². The van der Waals surface area contributed by atoms with Crippen molar-refractivity contribution in [2.75, 3.05) is 4.31 Å². The average molecular weight is 512 g/mol. The number of thiol groups is 1. The van der Waals surface area contributed by atoms with Gasteiger partial charge in [-0.25, -0.2) is 12.8 Å². The normalized spacial score (nSPS) is 12.3. The van der Waals surface area contributed by atoms with E-state index in [9.17, 15) is 26.0 Å². The first-order valence-corrected chi connectivity index (χ1v) is 12.3. The van der Waals surface area contributed by atoms with Crippen LogP contribution >= 0.6 is 24.0 Å². The summed E-state index contributed by atoms with van der Waals surface area (Å²) >= 11 is 5.40. The summed E-state index contributed by atoms with van der Waals surface area (Å²) < 4.78 is 82.8. The molecule has 3 nitrogen and oxygen atoms in total. The lowest BCUT2D eigenvalue weighted by molar-refractivity contribution is -0.140. The molecule has 33 heavy (non-hydrogen) atoms. The predicted octanol–water partition coefficient (Wildman–Crippen LogP) is 7.05. The third kappa shape index (κ3) is 4.60. The van der Waals surface area contributed by atoms with Gasteiger partial charge in [-0.3, -0.25) is 4.31 Å². The molecule has 0 aliphatic rings. The molecule has 0 aliphatic heterocycles. The van der Waals surface area contributed by atoms with E-state index in [0.717, 1.165) is 20.5 Å². The number of hydrogen-bond donors (Lipinski definition) is 1. The largest absolute Gasteiger partial charge is 0.419 e. The fourth-order valence-corrected chi connectivity index (χ4v) is 6.54. The third-order valence-electron chi connectivity index (χ3n) is 5.13. The Bertz CT molecular complexity index is 1430. The Morgan fingerprint density at radius 2 is 1.67 bits per heavy atom. The molecule has 0 spiro atoms. The van der Waals surface area contributed by atoms with Gasteiger partial charge in [0.15, 0.2) is 0 Å². The smallest absolute Gasteiger partial charge is 0.252 e. The van der Waals surface area contributed by atoms with Gasteiger partial charge in [0.25, 0.3) is 10.0 Å². The van der Waals surface area contributed by atoms with Crippen molar-refractivity contribution in [2.24, 2.45) is 0 Å². The van der Waals surface area contributed by atoms with Gasteiger partial charge in [-0.2, -0.15) is 13.2 Å². The van der Waals surface area contributed by atoms with Crippen LogP contribution in [-0.2, 0) is 22.7 Å². The van der Waals surface area contributed by atoms with Crippen LogP contribution in [-0.4, -0.2) is 8.42 Å². The summed E-state index contributed by atoms with van der Waals surface area (Å²) in [6.07, 6.45) is -4.90. The van der Waals surface area contributed by atoms with Gasteiger partial charge in [-0.15, -0.1) is 24.0 Å². The van der Waals surface area contributed by atoms with Crippen LogP contribution in [0.4, 0.5) is 22.6 Å². The molecule has 1 aromatic heterocycles. The summed E-state index contributed by atoms with van der Waals surface area (Å²) in [5.74, 6) is -1.41. The van der Waals surface area contributed by atoms with Gasteiger partial charge in [-0.05, 0) is 65.9 Å². The number of sulfonamides is 1. The molecule has 0 bridgehead atoms. The number of nitrogens with zero attached hydrogens (tertiary/aromatic N) is 1. The minimum absolute atomic E-state index is 0.00923. The van der Waals surface area contributed by atoms with Crippen LogP contribution in [0.5, 0.6) is 0 Å². The van der Waals surface area contributed by atoms with Crippen molar-refractivity contribution in [3.63, 3.8) is 0 Å². The van der Waals surface area contributed by atoms with E-state index < -0.39 is 34.1 Å². The van der Waals surface area contributed by atoms with Gasteiger partial charge >= 0.3 is 6.18 Å². The van der Waals surface area contributed by atoms with Crippen molar-refractivity contribution < 1.29 is 26.0 Å². The van der Waals surface area contributed by atoms with E-state index in [1.165, 1.54) is 35.6 Å². The summed E-state index contributed by atoms with van der Waals surface area (Å²) in [5, 5.41) is 1.22. The number of rotatable bonds is 5. The quantitative estimate of drug-likeness (QED) is 0.230. The molecule has 0 atom stereocenters. The zero-order valence-corrected chi connectivity index (χ0v) is 19.6. The molecule has 172 valence electrons. The van der Waals surface area contributed by atoms with Crippen LogP contribution in [0.3, 0.4) is 0 Å². The number of hydrogen-bond acceptors (Lipinski definition) is 4. The predicted molar refractivity (Wildman–Crippen MR) is 125 cm³/mol. The maximum Gasteiger partial charge on any atom is 0.419 e. The van der Waals surface area contributed by atoms with E-state index in [-0.39, 0.29) is 10.5 Å². The second-order valence-corrected chi connectivity index (χ2v) is 10.8. The maximum atomic E-state index is 13.8. The molecule has 0 radical (unpaired) electrons. The number of aryl methyl sites for hydroxylation is 1. The van der Waals surface area contributed by atoms with E-state index in [1.807, 2.05) is 24.3 Å². The zero-order chi connectivity index (χ0) is 24.0. The van der Waals surface area contributed by atoms with Crippen LogP contribution in [0.1, 0.15) is 16.7 Å². The number of thiophene rings is 1. The molecule has 4 aromatic rings. The molecular weight excluding hydrogens is 494 g/mol. The molecule has 0 unspecified atom stereocenters. The number of fused-ring (bicyclic) bond motifs is 1. The summed E-state index contributed by atoms with van der Waals surface area (Å²) in [4.78, 5) is 0.530. The van der Waals surface area contributed by atoms with Gasteiger partial charge in [0.05, 0.1) is 17.0 Å². The lowest BCUT2D eigenvalue weighted by Gasteiger charge is -2.24. The Morgan fingerprint density at radius 1 is 1.00 bits per heavy atom. The summed E-state index contributed by atoms with van der Waals surface area (Å²) in [6, 6.07) is 15.7. The zero-order valence-electron chi connectivity index (χ0n) is 17.1. The highest BCUT2D eigenvalue weighted by molar-refractivity contribution is 7.93. The van der Waals surface area contributed by atoms with Gasteiger partial charge in [0, 0.05) is 9.60 Å².